The fraction of sp³-hybridized carbons (Fsp3) is 1.00. The summed E-state index contributed by atoms with van der Waals surface area (Å²) in [6.45, 7) is 5.17. The molecule has 2 unspecified atom stereocenters. The molecule has 0 spiro atoms. The van der Waals surface area contributed by atoms with E-state index in [-0.39, 0.29) is 0 Å². The summed E-state index contributed by atoms with van der Waals surface area (Å²) < 4.78 is 0. The first-order valence-corrected chi connectivity index (χ1v) is 5.46. The molecular formula is C11H21N. The van der Waals surface area contributed by atoms with E-state index in [4.69, 9.17) is 0 Å². The molecule has 0 amide bonds. The SMILES string of the molecule is C[C@H]1CCCC2CN(C)CCC21. The fourth-order valence-corrected chi connectivity index (χ4v) is 3.20. The van der Waals surface area contributed by atoms with E-state index in [0.717, 1.165) is 17.8 Å². The Morgan fingerprint density at radius 2 is 2.00 bits per heavy atom. The maximum absolute atomic E-state index is 2.51. The molecule has 0 bridgehead atoms. The predicted molar refractivity (Wildman–Crippen MR) is 52.1 cm³/mol. The molecule has 2 aliphatic rings. The van der Waals surface area contributed by atoms with Crippen molar-refractivity contribution in [2.24, 2.45) is 17.8 Å². The molecular weight excluding hydrogens is 146 g/mol. The van der Waals surface area contributed by atoms with Gasteiger partial charge in [0.2, 0.25) is 0 Å². The number of hydrogen-bond donors (Lipinski definition) is 0. The zero-order valence-electron chi connectivity index (χ0n) is 8.42. The second kappa shape index (κ2) is 3.37. The maximum Gasteiger partial charge on any atom is 0.000937 e. The summed E-state index contributed by atoms with van der Waals surface area (Å²) in [5.41, 5.74) is 0. The van der Waals surface area contributed by atoms with Crippen molar-refractivity contribution in [3.63, 3.8) is 0 Å². The molecule has 1 saturated heterocycles. The van der Waals surface area contributed by atoms with Gasteiger partial charge in [0.1, 0.15) is 0 Å². The molecule has 0 N–H and O–H groups in total. The molecule has 3 atom stereocenters. The van der Waals surface area contributed by atoms with E-state index < -0.39 is 0 Å². The van der Waals surface area contributed by atoms with Crippen LogP contribution < -0.4 is 0 Å². The lowest BCUT2D eigenvalue weighted by Gasteiger charge is -2.43. The molecule has 1 heteroatoms. The van der Waals surface area contributed by atoms with Gasteiger partial charge >= 0.3 is 0 Å². The number of hydrogen-bond acceptors (Lipinski definition) is 1. The third-order valence-electron chi connectivity index (χ3n) is 3.96. The van der Waals surface area contributed by atoms with Crippen LogP contribution in [0.25, 0.3) is 0 Å². The Labute approximate surface area is 76.1 Å². The van der Waals surface area contributed by atoms with E-state index in [1.165, 1.54) is 38.8 Å². The third-order valence-corrected chi connectivity index (χ3v) is 3.96. The lowest BCUT2D eigenvalue weighted by Crippen LogP contribution is -2.42. The third kappa shape index (κ3) is 1.52. The van der Waals surface area contributed by atoms with Gasteiger partial charge in [0.25, 0.3) is 0 Å². The summed E-state index contributed by atoms with van der Waals surface area (Å²) in [4.78, 5) is 2.51. The summed E-state index contributed by atoms with van der Waals surface area (Å²) in [6, 6.07) is 0. The minimum Gasteiger partial charge on any atom is -0.306 e. The number of rotatable bonds is 0. The highest BCUT2D eigenvalue weighted by Gasteiger charge is 2.33. The van der Waals surface area contributed by atoms with Crippen molar-refractivity contribution < 1.29 is 0 Å². The van der Waals surface area contributed by atoms with Crippen molar-refractivity contribution in [3.05, 3.63) is 0 Å². The summed E-state index contributed by atoms with van der Waals surface area (Å²) in [6.07, 6.45) is 5.93. The van der Waals surface area contributed by atoms with Gasteiger partial charge in [0.05, 0.1) is 0 Å². The molecule has 0 aromatic carbocycles. The van der Waals surface area contributed by atoms with Crippen LogP contribution in [0.5, 0.6) is 0 Å². The van der Waals surface area contributed by atoms with E-state index in [1.807, 2.05) is 0 Å². The molecule has 1 aliphatic heterocycles. The standard InChI is InChI=1S/C11H21N/c1-9-4-3-5-10-8-12(2)7-6-11(9)10/h9-11H,3-8H2,1-2H3/t9-,10?,11?/m0/s1. The Morgan fingerprint density at radius 3 is 2.83 bits per heavy atom. The predicted octanol–water partition coefficient (Wildman–Crippen LogP) is 2.37. The second-order valence-corrected chi connectivity index (χ2v) is 4.88. The van der Waals surface area contributed by atoms with Gasteiger partial charge in [-0.2, -0.15) is 0 Å². The van der Waals surface area contributed by atoms with Crippen LogP contribution in [0, 0.1) is 17.8 Å². The molecule has 2 fully saturated rings. The summed E-state index contributed by atoms with van der Waals surface area (Å²) in [5.74, 6) is 3.11. The Bertz CT molecular complexity index is 155. The van der Waals surface area contributed by atoms with Gasteiger partial charge in [-0.1, -0.05) is 19.8 Å². The Morgan fingerprint density at radius 1 is 1.17 bits per heavy atom. The average Bonchev–Trinajstić information content (AvgIpc) is 2.04. The van der Waals surface area contributed by atoms with Crippen LogP contribution >= 0.6 is 0 Å². The van der Waals surface area contributed by atoms with Gasteiger partial charge in [-0.15, -0.1) is 0 Å². The van der Waals surface area contributed by atoms with E-state index >= 15 is 0 Å². The second-order valence-electron chi connectivity index (χ2n) is 4.88. The van der Waals surface area contributed by atoms with Crippen molar-refractivity contribution >= 4 is 0 Å². The number of nitrogens with zero attached hydrogens (tertiary/aromatic N) is 1. The van der Waals surface area contributed by atoms with Crippen LogP contribution in [0.1, 0.15) is 32.6 Å². The van der Waals surface area contributed by atoms with Crippen LogP contribution in [0.2, 0.25) is 0 Å². The number of fused-ring (bicyclic) bond motifs is 1. The van der Waals surface area contributed by atoms with Crippen LogP contribution in [0.4, 0.5) is 0 Å². The minimum absolute atomic E-state index is 1.01. The lowest BCUT2D eigenvalue weighted by molar-refractivity contribution is 0.0670. The first kappa shape index (κ1) is 8.55. The minimum atomic E-state index is 1.01. The molecule has 1 saturated carbocycles. The van der Waals surface area contributed by atoms with Gasteiger partial charge in [-0.25, -0.2) is 0 Å². The van der Waals surface area contributed by atoms with E-state index in [9.17, 15) is 0 Å². The highest BCUT2D eigenvalue weighted by atomic mass is 15.1. The topological polar surface area (TPSA) is 3.24 Å². The molecule has 70 valence electrons. The van der Waals surface area contributed by atoms with Crippen molar-refractivity contribution in [1.29, 1.82) is 0 Å². The Kier molecular flexibility index (Phi) is 2.40. The Hall–Kier alpha value is -0.0400. The quantitative estimate of drug-likeness (QED) is 0.535. The fourth-order valence-electron chi connectivity index (χ4n) is 3.20. The lowest BCUT2D eigenvalue weighted by atomic mass is 9.69. The Balaban J connectivity index is 1.99. The molecule has 0 aromatic heterocycles. The molecule has 2 rings (SSSR count). The van der Waals surface area contributed by atoms with Gasteiger partial charge in [0.15, 0.2) is 0 Å². The zero-order chi connectivity index (χ0) is 8.55. The maximum atomic E-state index is 2.51. The summed E-state index contributed by atoms with van der Waals surface area (Å²) >= 11 is 0. The number of likely N-dealkylation sites (tertiary alicyclic amines) is 1. The summed E-state index contributed by atoms with van der Waals surface area (Å²) in [7, 11) is 2.27. The smallest absolute Gasteiger partial charge is 0.000937 e. The highest BCUT2D eigenvalue weighted by molar-refractivity contribution is 4.85. The molecule has 12 heavy (non-hydrogen) atoms. The van der Waals surface area contributed by atoms with Crippen LogP contribution in [0.3, 0.4) is 0 Å². The first-order valence-electron chi connectivity index (χ1n) is 5.46. The van der Waals surface area contributed by atoms with Gasteiger partial charge < -0.3 is 4.90 Å². The van der Waals surface area contributed by atoms with E-state index in [0.29, 0.717) is 0 Å². The van der Waals surface area contributed by atoms with Gasteiger partial charge in [-0.05, 0) is 44.2 Å². The average molecular weight is 167 g/mol. The van der Waals surface area contributed by atoms with Crippen molar-refractivity contribution in [3.8, 4) is 0 Å². The van der Waals surface area contributed by atoms with E-state index in [1.54, 1.807) is 0 Å². The zero-order valence-corrected chi connectivity index (χ0v) is 8.42. The first-order chi connectivity index (χ1) is 5.77. The molecule has 0 aromatic rings. The molecule has 1 aliphatic carbocycles. The van der Waals surface area contributed by atoms with Crippen molar-refractivity contribution in [1.82, 2.24) is 4.90 Å². The summed E-state index contributed by atoms with van der Waals surface area (Å²) in [5, 5.41) is 0. The largest absolute Gasteiger partial charge is 0.306 e. The molecule has 0 radical (unpaired) electrons. The van der Waals surface area contributed by atoms with Crippen LogP contribution in [0.15, 0.2) is 0 Å². The van der Waals surface area contributed by atoms with Crippen molar-refractivity contribution in [2.45, 2.75) is 32.6 Å². The van der Waals surface area contributed by atoms with Crippen LogP contribution in [-0.2, 0) is 0 Å². The highest BCUT2D eigenvalue weighted by Crippen LogP contribution is 2.39. The van der Waals surface area contributed by atoms with Crippen LogP contribution in [-0.4, -0.2) is 25.0 Å². The normalized spacial score (nSPS) is 44.0. The number of piperidine rings is 1. The van der Waals surface area contributed by atoms with E-state index in [2.05, 4.69) is 18.9 Å². The van der Waals surface area contributed by atoms with Gasteiger partial charge in [-0.3, -0.25) is 0 Å². The van der Waals surface area contributed by atoms with Gasteiger partial charge in [0, 0.05) is 6.54 Å². The molecule has 1 heterocycles. The van der Waals surface area contributed by atoms with Crippen molar-refractivity contribution in [2.75, 3.05) is 20.1 Å². The molecule has 1 nitrogen and oxygen atoms in total. The monoisotopic (exact) mass is 167 g/mol.